The Morgan fingerprint density at radius 2 is 1.29 bits per heavy atom. The van der Waals surface area contributed by atoms with E-state index in [9.17, 15) is 20.1 Å². The first-order chi connectivity index (χ1) is 9.49. The Morgan fingerprint density at radius 1 is 0.952 bits per heavy atom. The number of hydrogen-bond acceptors (Lipinski definition) is 3. The minimum absolute atomic E-state index is 0.331. The van der Waals surface area contributed by atoms with Gasteiger partial charge < -0.3 is 15.3 Å². The quantitative estimate of drug-likeness (QED) is 0.761. The van der Waals surface area contributed by atoms with Crippen LogP contribution in [0.5, 0.6) is 11.5 Å². The third-order valence-corrected chi connectivity index (χ3v) is 4.71. The van der Waals surface area contributed by atoms with Gasteiger partial charge in [0.1, 0.15) is 17.1 Å². The van der Waals surface area contributed by atoms with Crippen molar-refractivity contribution in [2.45, 2.75) is 65.2 Å². The van der Waals surface area contributed by atoms with E-state index in [4.69, 9.17) is 0 Å². The van der Waals surface area contributed by atoms with Gasteiger partial charge in [-0.15, -0.1) is 0 Å². The normalized spacial score (nSPS) is 12.5. The molecule has 0 aromatic heterocycles. The molecule has 1 rings (SSSR count). The molecule has 0 bridgehead atoms. The number of benzene rings is 1. The first kappa shape index (κ1) is 17.3. The molecule has 0 atom stereocenters. The van der Waals surface area contributed by atoms with E-state index in [1.807, 2.05) is 41.5 Å². The van der Waals surface area contributed by atoms with Gasteiger partial charge in [0.25, 0.3) is 0 Å². The molecule has 0 spiro atoms. The van der Waals surface area contributed by atoms with E-state index < -0.39 is 11.5 Å². The van der Waals surface area contributed by atoms with Gasteiger partial charge in [0.05, 0.1) is 0 Å². The first-order valence-corrected chi connectivity index (χ1v) is 7.32. The molecule has 118 valence electrons. The number of hydrogen-bond donors (Lipinski definition) is 3. The Kier molecular flexibility index (Phi) is 4.61. The smallest absolute Gasteiger partial charge is 0.343 e. The Morgan fingerprint density at radius 3 is 1.52 bits per heavy atom. The maximum Gasteiger partial charge on any atom is 0.343 e. The van der Waals surface area contributed by atoms with Crippen molar-refractivity contribution in [1.29, 1.82) is 0 Å². The zero-order chi connectivity index (χ0) is 16.6. The second kappa shape index (κ2) is 5.58. The van der Waals surface area contributed by atoms with Gasteiger partial charge in [0.2, 0.25) is 0 Å². The van der Waals surface area contributed by atoms with Crippen LogP contribution in [0.2, 0.25) is 0 Å². The molecular weight excluding hydrogens is 268 g/mol. The highest BCUT2D eigenvalue weighted by molar-refractivity contribution is 5.95. The van der Waals surface area contributed by atoms with Gasteiger partial charge in [0, 0.05) is 11.1 Å². The fourth-order valence-corrected chi connectivity index (χ4v) is 2.28. The van der Waals surface area contributed by atoms with Gasteiger partial charge in [0.15, 0.2) is 0 Å². The Bertz CT molecular complexity index is 516. The lowest BCUT2D eigenvalue weighted by atomic mass is 9.74. The molecule has 0 heterocycles. The second-order valence-electron chi connectivity index (χ2n) is 6.82. The summed E-state index contributed by atoms with van der Waals surface area (Å²) >= 11 is 0. The lowest BCUT2D eigenvalue weighted by molar-refractivity contribution is 0.0689. The van der Waals surface area contributed by atoms with Crippen molar-refractivity contribution in [3.05, 3.63) is 22.8 Å². The number of phenols is 2. The van der Waals surface area contributed by atoms with Crippen molar-refractivity contribution < 1.29 is 20.1 Å². The lowest BCUT2D eigenvalue weighted by Crippen LogP contribution is -2.22. The van der Waals surface area contributed by atoms with Crippen LogP contribution in [0.4, 0.5) is 0 Å². The molecule has 0 aliphatic heterocycles. The zero-order valence-electron chi connectivity index (χ0n) is 13.7. The van der Waals surface area contributed by atoms with E-state index in [0.29, 0.717) is 11.1 Å². The Labute approximate surface area is 126 Å². The Balaban J connectivity index is 3.82. The molecule has 4 heteroatoms. The molecule has 0 aliphatic carbocycles. The van der Waals surface area contributed by atoms with Crippen LogP contribution in [0.1, 0.15) is 75.9 Å². The summed E-state index contributed by atoms with van der Waals surface area (Å²) in [6, 6.07) is 1.75. The number of carboxylic acid groups (broad SMARTS) is 1. The van der Waals surface area contributed by atoms with Gasteiger partial charge in [-0.3, -0.25) is 0 Å². The minimum atomic E-state index is -1.31. The first-order valence-electron chi connectivity index (χ1n) is 7.32. The molecule has 4 nitrogen and oxygen atoms in total. The van der Waals surface area contributed by atoms with Crippen LogP contribution in [0.15, 0.2) is 6.07 Å². The van der Waals surface area contributed by atoms with E-state index in [2.05, 4.69) is 0 Å². The van der Waals surface area contributed by atoms with Crippen LogP contribution in [0.3, 0.4) is 0 Å². The van der Waals surface area contributed by atoms with Gasteiger partial charge in [-0.1, -0.05) is 41.5 Å². The molecule has 0 unspecified atom stereocenters. The van der Waals surface area contributed by atoms with Gasteiger partial charge in [-0.25, -0.2) is 4.79 Å². The van der Waals surface area contributed by atoms with Crippen molar-refractivity contribution in [2.24, 2.45) is 0 Å². The van der Waals surface area contributed by atoms with E-state index in [0.717, 1.165) is 12.8 Å². The molecule has 0 fully saturated rings. The minimum Gasteiger partial charge on any atom is -0.507 e. The fraction of sp³-hybridized carbons (Fsp3) is 0.588. The standard InChI is InChI=1S/C17H26O4/c1-7-16(3,4)10-9-11(17(5,6)8-2)14(19)12(13(10)18)15(20)21/h9,18-19H,7-8H2,1-6H3,(H,20,21). The second-order valence-corrected chi connectivity index (χ2v) is 6.82. The van der Waals surface area contributed by atoms with Crippen molar-refractivity contribution in [3.8, 4) is 11.5 Å². The highest BCUT2D eigenvalue weighted by Crippen LogP contribution is 2.45. The number of aromatic carboxylic acids is 1. The maximum atomic E-state index is 11.5. The molecule has 1 aromatic carbocycles. The average molecular weight is 294 g/mol. The molecule has 0 saturated carbocycles. The summed E-state index contributed by atoms with van der Waals surface area (Å²) in [6.07, 6.45) is 1.49. The van der Waals surface area contributed by atoms with Crippen molar-refractivity contribution in [2.75, 3.05) is 0 Å². The predicted octanol–water partition coefficient (Wildman–Crippen LogP) is 4.17. The lowest BCUT2D eigenvalue weighted by Gasteiger charge is -2.31. The van der Waals surface area contributed by atoms with Crippen molar-refractivity contribution in [3.63, 3.8) is 0 Å². The van der Waals surface area contributed by atoms with Crippen molar-refractivity contribution >= 4 is 5.97 Å². The van der Waals surface area contributed by atoms with Gasteiger partial charge in [-0.2, -0.15) is 0 Å². The van der Waals surface area contributed by atoms with E-state index in [1.165, 1.54) is 0 Å². The molecular formula is C17H26O4. The third kappa shape index (κ3) is 2.99. The molecule has 0 radical (unpaired) electrons. The van der Waals surface area contributed by atoms with Gasteiger partial charge >= 0.3 is 5.97 Å². The average Bonchev–Trinajstić information content (AvgIpc) is 2.37. The van der Waals surface area contributed by atoms with E-state index >= 15 is 0 Å². The summed E-state index contributed by atoms with van der Waals surface area (Å²) < 4.78 is 0. The zero-order valence-corrected chi connectivity index (χ0v) is 13.7. The number of aromatic hydroxyl groups is 2. The van der Waals surface area contributed by atoms with Crippen LogP contribution in [0.25, 0.3) is 0 Å². The fourth-order valence-electron chi connectivity index (χ4n) is 2.28. The molecule has 0 saturated heterocycles. The number of rotatable bonds is 5. The van der Waals surface area contributed by atoms with Crippen LogP contribution in [0, 0.1) is 0 Å². The third-order valence-electron chi connectivity index (χ3n) is 4.71. The SMILES string of the molecule is CCC(C)(C)c1cc(C(C)(C)CC)c(O)c(C(=O)O)c1O. The Hall–Kier alpha value is -1.71. The molecule has 0 amide bonds. The van der Waals surface area contributed by atoms with E-state index in [1.54, 1.807) is 6.07 Å². The van der Waals surface area contributed by atoms with Crippen LogP contribution >= 0.6 is 0 Å². The highest BCUT2D eigenvalue weighted by Gasteiger charge is 2.33. The summed E-state index contributed by atoms with van der Waals surface area (Å²) in [7, 11) is 0. The monoisotopic (exact) mass is 294 g/mol. The summed E-state index contributed by atoms with van der Waals surface area (Å²) in [5.74, 6) is -1.98. The topological polar surface area (TPSA) is 77.8 Å². The highest BCUT2D eigenvalue weighted by atomic mass is 16.4. The maximum absolute atomic E-state index is 11.5. The largest absolute Gasteiger partial charge is 0.507 e. The molecule has 21 heavy (non-hydrogen) atoms. The molecule has 0 aliphatic rings. The summed E-state index contributed by atoms with van der Waals surface area (Å²) in [6.45, 7) is 11.8. The van der Waals surface area contributed by atoms with E-state index in [-0.39, 0.29) is 22.3 Å². The summed E-state index contributed by atoms with van der Waals surface area (Å²) in [5.41, 5.74) is -0.0137. The molecule has 3 N–H and O–H groups in total. The summed E-state index contributed by atoms with van der Waals surface area (Å²) in [4.78, 5) is 11.5. The van der Waals surface area contributed by atoms with Crippen LogP contribution in [-0.4, -0.2) is 21.3 Å². The molecule has 1 aromatic rings. The van der Waals surface area contributed by atoms with Gasteiger partial charge in [-0.05, 0) is 29.7 Å². The van der Waals surface area contributed by atoms with Crippen LogP contribution < -0.4 is 0 Å². The van der Waals surface area contributed by atoms with Crippen molar-refractivity contribution in [1.82, 2.24) is 0 Å². The summed E-state index contributed by atoms with van der Waals surface area (Å²) in [5, 5.41) is 30.0. The number of carbonyl (C=O) groups is 1. The van der Waals surface area contributed by atoms with Crippen LogP contribution in [-0.2, 0) is 10.8 Å². The number of carboxylic acids is 1. The predicted molar refractivity (Wildman–Crippen MR) is 83.4 cm³/mol.